The Kier molecular flexibility index (Phi) is 3.42. The Morgan fingerprint density at radius 3 is 2.69 bits per heavy atom. The van der Waals surface area contributed by atoms with E-state index in [0.717, 1.165) is 12.2 Å². The van der Waals surface area contributed by atoms with Crippen LogP contribution in [0.1, 0.15) is 32.6 Å². The lowest BCUT2D eigenvalue weighted by Gasteiger charge is -2.12. The van der Waals surface area contributed by atoms with Crippen molar-refractivity contribution in [3.63, 3.8) is 0 Å². The molecule has 74 valence electrons. The zero-order valence-electron chi connectivity index (χ0n) is 8.57. The van der Waals surface area contributed by atoms with Gasteiger partial charge in [-0.25, -0.2) is 0 Å². The Bertz CT molecular complexity index is 254. The maximum Gasteiger partial charge on any atom is 0.133 e. The average Bonchev–Trinajstić information content (AvgIpc) is 2.52. The summed E-state index contributed by atoms with van der Waals surface area (Å²) in [6.07, 6.45) is 2.69. The third kappa shape index (κ3) is 2.52. The Labute approximate surface area is 79.2 Å². The van der Waals surface area contributed by atoms with E-state index in [0.29, 0.717) is 18.5 Å². The SMILES string of the molecule is CC(CN)Cc1nncn1C(C)C. The molecule has 0 bridgehead atoms. The van der Waals surface area contributed by atoms with Crippen molar-refractivity contribution in [1.82, 2.24) is 14.8 Å². The molecule has 0 spiro atoms. The van der Waals surface area contributed by atoms with Gasteiger partial charge in [-0.1, -0.05) is 6.92 Å². The van der Waals surface area contributed by atoms with E-state index in [2.05, 4.69) is 35.5 Å². The minimum Gasteiger partial charge on any atom is -0.330 e. The van der Waals surface area contributed by atoms with Gasteiger partial charge < -0.3 is 10.3 Å². The number of rotatable bonds is 4. The van der Waals surface area contributed by atoms with E-state index < -0.39 is 0 Å². The minimum absolute atomic E-state index is 0.426. The summed E-state index contributed by atoms with van der Waals surface area (Å²) in [5.41, 5.74) is 5.56. The first-order valence-electron chi connectivity index (χ1n) is 4.73. The van der Waals surface area contributed by atoms with Crippen LogP contribution in [0.25, 0.3) is 0 Å². The lowest BCUT2D eigenvalue weighted by Crippen LogP contribution is -2.16. The quantitative estimate of drug-likeness (QED) is 0.755. The van der Waals surface area contributed by atoms with Crippen molar-refractivity contribution in [3.05, 3.63) is 12.2 Å². The van der Waals surface area contributed by atoms with E-state index in [4.69, 9.17) is 5.73 Å². The van der Waals surface area contributed by atoms with Gasteiger partial charge in [-0.2, -0.15) is 0 Å². The zero-order valence-corrected chi connectivity index (χ0v) is 8.57. The number of nitrogens with zero attached hydrogens (tertiary/aromatic N) is 3. The van der Waals surface area contributed by atoms with Crippen LogP contribution in [0.15, 0.2) is 6.33 Å². The third-order valence-corrected chi connectivity index (χ3v) is 2.14. The number of aromatic nitrogens is 3. The summed E-state index contributed by atoms with van der Waals surface area (Å²) in [6, 6.07) is 0.426. The van der Waals surface area contributed by atoms with Crippen molar-refractivity contribution in [2.45, 2.75) is 33.2 Å². The fourth-order valence-corrected chi connectivity index (χ4v) is 1.24. The molecule has 1 unspecified atom stereocenters. The third-order valence-electron chi connectivity index (χ3n) is 2.14. The van der Waals surface area contributed by atoms with E-state index in [1.165, 1.54) is 0 Å². The van der Waals surface area contributed by atoms with Gasteiger partial charge in [0.2, 0.25) is 0 Å². The Morgan fingerprint density at radius 2 is 2.15 bits per heavy atom. The smallest absolute Gasteiger partial charge is 0.133 e. The predicted molar refractivity (Wildman–Crippen MR) is 52.3 cm³/mol. The van der Waals surface area contributed by atoms with Gasteiger partial charge in [0, 0.05) is 12.5 Å². The summed E-state index contributed by atoms with van der Waals surface area (Å²) in [5, 5.41) is 7.99. The molecule has 0 fully saturated rings. The van der Waals surface area contributed by atoms with Crippen LogP contribution in [0.3, 0.4) is 0 Å². The highest BCUT2D eigenvalue weighted by Gasteiger charge is 2.09. The van der Waals surface area contributed by atoms with Crippen molar-refractivity contribution < 1.29 is 0 Å². The summed E-state index contributed by atoms with van der Waals surface area (Å²) in [4.78, 5) is 0. The number of hydrogen-bond acceptors (Lipinski definition) is 3. The number of hydrogen-bond donors (Lipinski definition) is 1. The molecule has 0 aliphatic heterocycles. The molecule has 4 nitrogen and oxygen atoms in total. The Morgan fingerprint density at radius 1 is 1.46 bits per heavy atom. The van der Waals surface area contributed by atoms with Crippen molar-refractivity contribution >= 4 is 0 Å². The zero-order chi connectivity index (χ0) is 9.84. The highest BCUT2D eigenvalue weighted by Crippen LogP contribution is 2.10. The van der Waals surface area contributed by atoms with Crippen LogP contribution in [-0.4, -0.2) is 21.3 Å². The monoisotopic (exact) mass is 182 g/mol. The molecule has 1 aromatic rings. The van der Waals surface area contributed by atoms with Gasteiger partial charge >= 0.3 is 0 Å². The first-order valence-corrected chi connectivity index (χ1v) is 4.73. The first-order chi connectivity index (χ1) is 6.15. The van der Waals surface area contributed by atoms with E-state index in [-0.39, 0.29) is 0 Å². The molecule has 0 radical (unpaired) electrons. The normalized spacial score (nSPS) is 13.6. The molecule has 0 aliphatic rings. The van der Waals surface area contributed by atoms with Crippen molar-refractivity contribution in [2.24, 2.45) is 11.7 Å². The fourth-order valence-electron chi connectivity index (χ4n) is 1.24. The molecule has 2 N–H and O–H groups in total. The van der Waals surface area contributed by atoms with Crippen LogP contribution >= 0.6 is 0 Å². The van der Waals surface area contributed by atoms with Gasteiger partial charge in [-0.05, 0) is 26.3 Å². The van der Waals surface area contributed by atoms with E-state index in [1.54, 1.807) is 6.33 Å². The maximum absolute atomic E-state index is 5.56. The van der Waals surface area contributed by atoms with Gasteiger partial charge in [0.15, 0.2) is 0 Å². The lowest BCUT2D eigenvalue weighted by molar-refractivity contribution is 0.512. The van der Waals surface area contributed by atoms with Crippen LogP contribution < -0.4 is 5.73 Å². The van der Waals surface area contributed by atoms with Gasteiger partial charge in [-0.15, -0.1) is 10.2 Å². The van der Waals surface area contributed by atoms with Crippen molar-refractivity contribution in [2.75, 3.05) is 6.54 Å². The highest BCUT2D eigenvalue weighted by molar-refractivity contribution is 4.89. The molecule has 0 aliphatic carbocycles. The molecule has 0 saturated heterocycles. The molecule has 0 aromatic carbocycles. The summed E-state index contributed by atoms with van der Waals surface area (Å²) in [5.74, 6) is 1.51. The predicted octanol–water partition coefficient (Wildman–Crippen LogP) is 0.996. The second-order valence-corrected chi connectivity index (χ2v) is 3.79. The van der Waals surface area contributed by atoms with Gasteiger partial charge in [0.1, 0.15) is 12.2 Å². The summed E-state index contributed by atoms with van der Waals surface area (Å²) < 4.78 is 2.09. The molecule has 1 atom stereocenters. The summed E-state index contributed by atoms with van der Waals surface area (Å²) in [7, 11) is 0. The standard InChI is InChI=1S/C9H18N4/c1-7(2)13-6-11-12-9(13)4-8(3)5-10/h6-8H,4-5,10H2,1-3H3. The first kappa shape index (κ1) is 10.2. The van der Waals surface area contributed by atoms with E-state index in [1.807, 2.05) is 0 Å². The molecule has 1 heterocycles. The van der Waals surface area contributed by atoms with Crippen molar-refractivity contribution in [3.8, 4) is 0 Å². The maximum atomic E-state index is 5.56. The Balaban J connectivity index is 2.70. The summed E-state index contributed by atoms with van der Waals surface area (Å²) >= 11 is 0. The van der Waals surface area contributed by atoms with Gasteiger partial charge in [-0.3, -0.25) is 0 Å². The number of nitrogens with two attached hydrogens (primary N) is 1. The molecule has 0 amide bonds. The van der Waals surface area contributed by atoms with Crippen LogP contribution in [0.2, 0.25) is 0 Å². The largest absolute Gasteiger partial charge is 0.330 e. The molecular weight excluding hydrogens is 164 g/mol. The molecular formula is C9H18N4. The molecule has 1 rings (SSSR count). The van der Waals surface area contributed by atoms with Gasteiger partial charge in [0.05, 0.1) is 0 Å². The highest BCUT2D eigenvalue weighted by atomic mass is 15.3. The molecule has 4 heteroatoms. The molecule has 13 heavy (non-hydrogen) atoms. The Hall–Kier alpha value is -0.900. The topological polar surface area (TPSA) is 56.7 Å². The average molecular weight is 182 g/mol. The van der Waals surface area contributed by atoms with E-state index >= 15 is 0 Å². The van der Waals surface area contributed by atoms with Gasteiger partial charge in [0.25, 0.3) is 0 Å². The molecule has 0 saturated carbocycles. The van der Waals surface area contributed by atoms with Crippen molar-refractivity contribution in [1.29, 1.82) is 0 Å². The van der Waals surface area contributed by atoms with Crippen LogP contribution in [-0.2, 0) is 6.42 Å². The fraction of sp³-hybridized carbons (Fsp3) is 0.778. The second kappa shape index (κ2) is 4.37. The van der Waals surface area contributed by atoms with Crippen LogP contribution in [0.4, 0.5) is 0 Å². The minimum atomic E-state index is 0.426. The van der Waals surface area contributed by atoms with Crippen LogP contribution in [0, 0.1) is 5.92 Å². The second-order valence-electron chi connectivity index (χ2n) is 3.79. The summed E-state index contributed by atoms with van der Waals surface area (Å²) in [6.45, 7) is 7.07. The van der Waals surface area contributed by atoms with E-state index in [9.17, 15) is 0 Å². The molecule has 1 aromatic heterocycles. The lowest BCUT2D eigenvalue weighted by atomic mass is 10.1. The van der Waals surface area contributed by atoms with Crippen LogP contribution in [0.5, 0.6) is 0 Å².